The fourth-order valence-corrected chi connectivity index (χ4v) is 1.14. The van der Waals surface area contributed by atoms with Crippen LogP contribution in [0, 0.1) is 0 Å². The predicted octanol–water partition coefficient (Wildman–Crippen LogP) is 0.0233. The first-order valence-electron chi connectivity index (χ1n) is 3.69. The van der Waals surface area contributed by atoms with E-state index in [0.717, 1.165) is 6.42 Å². The average molecular weight is 156 g/mol. The van der Waals surface area contributed by atoms with Gasteiger partial charge in [0.05, 0.1) is 5.71 Å². The maximum atomic E-state index is 11.0. The molecular formula is C7H12N2O2. The summed E-state index contributed by atoms with van der Waals surface area (Å²) in [4.78, 5) is 11.0. The third-order valence-corrected chi connectivity index (χ3v) is 1.91. The van der Waals surface area contributed by atoms with Crippen molar-refractivity contribution in [2.45, 2.75) is 32.3 Å². The molecule has 1 heterocycles. The van der Waals surface area contributed by atoms with Crippen molar-refractivity contribution in [3.05, 3.63) is 0 Å². The number of nitrogens with one attached hydrogen (secondary N) is 1. The maximum Gasteiger partial charge on any atom is 0.277 e. The molecule has 0 spiro atoms. The average Bonchev–Trinajstić information content (AvgIpc) is 2.19. The van der Waals surface area contributed by atoms with Crippen LogP contribution in [-0.2, 0) is 4.79 Å². The number of amides is 1. The molecule has 4 heteroatoms. The van der Waals surface area contributed by atoms with Crippen LogP contribution in [0.4, 0.5) is 0 Å². The monoisotopic (exact) mass is 156 g/mol. The van der Waals surface area contributed by atoms with E-state index in [1.165, 1.54) is 0 Å². The first kappa shape index (κ1) is 8.20. The Labute approximate surface area is 65.3 Å². The van der Waals surface area contributed by atoms with Crippen molar-refractivity contribution >= 4 is 11.6 Å². The van der Waals surface area contributed by atoms with Gasteiger partial charge in [-0.15, -0.1) is 0 Å². The van der Waals surface area contributed by atoms with Crippen molar-refractivity contribution in [3.8, 4) is 0 Å². The van der Waals surface area contributed by atoms with Gasteiger partial charge in [-0.05, 0) is 13.3 Å². The molecule has 1 aliphatic heterocycles. The second-order valence-corrected chi connectivity index (χ2v) is 2.75. The molecule has 0 aromatic carbocycles. The largest absolute Gasteiger partial charge is 0.374 e. The molecule has 0 saturated carbocycles. The van der Waals surface area contributed by atoms with E-state index in [9.17, 15) is 9.90 Å². The molecule has 1 atom stereocenters. The van der Waals surface area contributed by atoms with E-state index < -0.39 is 11.5 Å². The molecule has 0 saturated heterocycles. The van der Waals surface area contributed by atoms with E-state index in [-0.39, 0.29) is 0 Å². The maximum absolute atomic E-state index is 11.0. The van der Waals surface area contributed by atoms with Crippen molar-refractivity contribution < 1.29 is 9.90 Å². The quantitative estimate of drug-likeness (QED) is 0.592. The number of hydrogen-bond acceptors (Lipinski definition) is 3. The highest BCUT2D eigenvalue weighted by Crippen LogP contribution is 2.18. The molecule has 1 rings (SSSR count). The molecule has 62 valence electrons. The summed E-state index contributed by atoms with van der Waals surface area (Å²) in [5.74, 6) is -0.406. The zero-order valence-corrected chi connectivity index (χ0v) is 6.72. The summed E-state index contributed by atoms with van der Waals surface area (Å²) >= 11 is 0. The Kier molecular flexibility index (Phi) is 1.95. The van der Waals surface area contributed by atoms with Crippen molar-refractivity contribution in [3.63, 3.8) is 0 Å². The first-order chi connectivity index (χ1) is 5.11. The lowest BCUT2D eigenvalue weighted by atomic mass is 9.93. The van der Waals surface area contributed by atoms with Crippen LogP contribution in [0.3, 0.4) is 0 Å². The summed E-state index contributed by atoms with van der Waals surface area (Å²) in [6.45, 7) is 3.56. The van der Waals surface area contributed by atoms with Crippen LogP contribution in [0.2, 0.25) is 0 Å². The van der Waals surface area contributed by atoms with Gasteiger partial charge in [-0.1, -0.05) is 13.3 Å². The molecule has 1 unspecified atom stereocenters. The van der Waals surface area contributed by atoms with Crippen LogP contribution in [-0.4, -0.2) is 22.3 Å². The van der Waals surface area contributed by atoms with Gasteiger partial charge in [-0.25, -0.2) is 5.43 Å². The van der Waals surface area contributed by atoms with Crippen molar-refractivity contribution in [1.29, 1.82) is 0 Å². The molecule has 0 fully saturated rings. The van der Waals surface area contributed by atoms with Crippen LogP contribution < -0.4 is 5.43 Å². The standard InChI is InChI=1S/C7H12N2O2/c1-3-4-7(11)5(2)8-9-6(7)10/h11H,3-4H2,1-2H3,(H,9,10). The molecule has 0 bridgehead atoms. The highest BCUT2D eigenvalue weighted by molar-refractivity contribution is 6.14. The minimum atomic E-state index is -1.34. The summed E-state index contributed by atoms with van der Waals surface area (Å²) in [6.07, 6.45) is 1.20. The molecule has 4 nitrogen and oxygen atoms in total. The third kappa shape index (κ3) is 1.14. The number of rotatable bonds is 2. The summed E-state index contributed by atoms with van der Waals surface area (Å²) in [6, 6.07) is 0. The van der Waals surface area contributed by atoms with Crippen LogP contribution in [0.1, 0.15) is 26.7 Å². The molecular weight excluding hydrogens is 144 g/mol. The van der Waals surface area contributed by atoms with Gasteiger partial charge in [0.25, 0.3) is 5.91 Å². The Hall–Kier alpha value is -0.900. The SMILES string of the molecule is CCCC1(O)C(=O)NN=C1C. The van der Waals surface area contributed by atoms with E-state index in [2.05, 4.69) is 10.5 Å². The summed E-state index contributed by atoms with van der Waals surface area (Å²) < 4.78 is 0. The van der Waals surface area contributed by atoms with Crippen LogP contribution in [0.5, 0.6) is 0 Å². The molecule has 0 aromatic rings. The fourth-order valence-electron chi connectivity index (χ4n) is 1.14. The highest BCUT2D eigenvalue weighted by Gasteiger charge is 2.42. The Balaban J connectivity index is 2.81. The molecule has 0 radical (unpaired) electrons. The van der Waals surface area contributed by atoms with Gasteiger partial charge in [0, 0.05) is 0 Å². The van der Waals surface area contributed by atoms with E-state index in [1.54, 1.807) is 6.92 Å². The van der Waals surface area contributed by atoms with Crippen molar-refractivity contribution in [2.24, 2.45) is 5.10 Å². The lowest BCUT2D eigenvalue weighted by molar-refractivity contribution is -0.132. The van der Waals surface area contributed by atoms with Gasteiger partial charge < -0.3 is 5.11 Å². The molecule has 0 aliphatic carbocycles. The molecule has 1 aliphatic rings. The van der Waals surface area contributed by atoms with E-state index >= 15 is 0 Å². The Bertz CT molecular complexity index is 212. The normalized spacial score (nSPS) is 30.1. The van der Waals surface area contributed by atoms with Gasteiger partial charge in [-0.3, -0.25) is 4.79 Å². The summed E-state index contributed by atoms with van der Waals surface area (Å²) in [7, 11) is 0. The molecule has 2 N–H and O–H groups in total. The van der Waals surface area contributed by atoms with E-state index in [1.807, 2.05) is 6.92 Å². The second-order valence-electron chi connectivity index (χ2n) is 2.75. The van der Waals surface area contributed by atoms with E-state index in [4.69, 9.17) is 0 Å². The third-order valence-electron chi connectivity index (χ3n) is 1.91. The zero-order chi connectivity index (χ0) is 8.48. The Morgan fingerprint density at radius 1 is 1.73 bits per heavy atom. The Morgan fingerprint density at radius 2 is 2.36 bits per heavy atom. The smallest absolute Gasteiger partial charge is 0.277 e. The van der Waals surface area contributed by atoms with Gasteiger partial charge in [0.15, 0.2) is 5.60 Å². The number of nitrogens with zero attached hydrogens (tertiary/aromatic N) is 1. The number of hydrogen-bond donors (Lipinski definition) is 2. The van der Waals surface area contributed by atoms with Crippen LogP contribution >= 0.6 is 0 Å². The summed E-state index contributed by atoms with van der Waals surface area (Å²) in [5.41, 5.74) is 1.37. The molecule has 0 aromatic heterocycles. The zero-order valence-electron chi connectivity index (χ0n) is 6.72. The van der Waals surface area contributed by atoms with Gasteiger partial charge in [-0.2, -0.15) is 5.10 Å². The molecule has 11 heavy (non-hydrogen) atoms. The van der Waals surface area contributed by atoms with Crippen molar-refractivity contribution in [1.82, 2.24) is 5.43 Å². The van der Waals surface area contributed by atoms with Crippen LogP contribution in [0.15, 0.2) is 5.10 Å². The Morgan fingerprint density at radius 3 is 2.73 bits per heavy atom. The number of carbonyl (C=O) groups excluding carboxylic acids is 1. The predicted molar refractivity (Wildman–Crippen MR) is 41.1 cm³/mol. The minimum absolute atomic E-state index is 0.406. The fraction of sp³-hybridized carbons (Fsp3) is 0.714. The second kappa shape index (κ2) is 2.62. The lowest BCUT2D eigenvalue weighted by Crippen LogP contribution is -2.44. The number of hydrazone groups is 1. The highest BCUT2D eigenvalue weighted by atomic mass is 16.3. The van der Waals surface area contributed by atoms with Gasteiger partial charge >= 0.3 is 0 Å². The van der Waals surface area contributed by atoms with Gasteiger partial charge in [0.2, 0.25) is 0 Å². The number of aliphatic hydroxyl groups is 1. The van der Waals surface area contributed by atoms with Crippen molar-refractivity contribution in [2.75, 3.05) is 0 Å². The molecule has 1 amide bonds. The van der Waals surface area contributed by atoms with Crippen LogP contribution in [0.25, 0.3) is 0 Å². The number of carbonyl (C=O) groups is 1. The van der Waals surface area contributed by atoms with Gasteiger partial charge in [0.1, 0.15) is 0 Å². The first-order valence-corrected chi connectivity index (χ1v) is 3.69. The lowest BCUT2D eigenvalue weighted by Gasteiger charge is -2.17. The van der Waals surface area contributed by atoms with E-state index in [0.29, 0.717) is 12.1 Å². The summed E-state index contributed by atoms with van der Waals surface area (Å²) in [5, 5.41) is 13.3. The minimum Gasteiger partial charge on any atom is -0.374 e. The topological polar surface area (TPSA) is 61.7 Å².